The molecule has 1 aliphatic rings. The summed E-state index contributed by atoms with van der Waals surface area (Å²) in [7, 11) is 3.26. The summed E-state index contributed by atoms with van der Waals surface area (Å²) in [5, 5.41) is 2.59. The van der Waals surface area contributed by atoms with Crippen LogP contribution in [0.25, 0.3) is 0 Å². The zero-order valence-electron chi connectivity index (χ0n) is 14.7. The molecule has 0 radical (unpaired) electrons. The van der Waals surface area contributed by atoms with Gasteiger partial charge in [-0.2, -0.15) is 0 Å². The van der Waals surface area contributed by atoms with E-state index in [1.165, 1.54) is 4.90 Å². The Morgan fingerprint density at radius 2 is 1.88 bits per heavy atom. The van der Waals surface area contributed by atoms with Crippen LogP contribution in [0.1, 0.15) is 37.9 Å². The Morgan fingerprint density at radius 1 is 1.15 bits per heavy atom. The predicted octanol–water partition coefficient (Wildman–Crippen LogP) is 1.96. The number of nitrogens with one attached hydrogen (secondary N) is 1. The molecule has 0 aliphatic carbocycles. The van der Waals surface area contributed by atoms with Crippen LogP contribution in [0.4, 0.5) is 0 Å². The molecule has 2 amide bonds. The van der Waals surface area contributed by atoms with E-state index in [2.05, 4.69) is 5.32 Å². The van der Waals surface area contributed by atoms with Gasteiger partial charge >= 0.3 is 5.97 Å². The Hall–Kier alpha value is -3.15. The van der Waals surface area contributed by atoms with Crippen LogP contribution < -0.4 is 5.32 Å². The molecule has 0 fully saturated rings. The molecule has 1 aliphatic heterocycles. The van der Waals surface area contributed by atoms with Crippen LogP contribution in [0, 0.1) is 0 Å². The molecule has 0 aromatic heterocycles. The lowest BCUT2D eigenvalue weighted by molar-refractivity contribution is -0.127. The van der Waals surface area contributed by atoms with Gasteiger partial charge in [0.1, 0.15) is 6.10 Å². The first kappa shape index (κ1) is 17.7. The van der Waals surface area contributed by atoms with Gasteiger partial charge in [0.05, 0.1) is 12.1 Å². The Balaban J connectivity index is 1.78. The summed E-state index contributed by atoms with van der Waals surface area (Å²) in [6.07, 6.45) is 0.132. The van der Waals surface area contributed by atoms with E-state index in [1.807, 2.05) is 30.3 Å². The molecule has 26 heavy (non-hydrogen) atoms. The molecule has 6 heteroatoms. The molecule has 134 valence electrons. The molecule has 6 nitrogen and oxygen atoms in total. The van der Waals surface area contributed by atoms with E-state index >= 15 is 0 Å². The van der Waals surface area contributed by atoms with Gasteiger partial charge in [-0.3, -0.25) is 9.59 Å². The average Bonchev–Trinajstić information content (AvgIpc) is 2.65. The highest BCUT2D eigenvalue weighted by molar-refractivity contribution is 5.99. The molecule has 1 N–H and O–H groups in total. The summed E-state index contributed by atoms with van der Waals surface area (Å²) >= 11 is 0. The van der Waals surface area contributed by atoms with Crippen LogP contribution in [0.5, 0.6) is 0 Å². The number of carbonyl (C=O) groups excluding carboxylic acids is 3. The monoisotopic (exact) mass is 352 g/mol. The summed E-state index contributed by atoms with van der Waals surface area (Å²) in [6.45, 7) is -0.0718. The van der Waals surface area contributed by atoms with E-state index in [9.17, 15) is 14.4 Å². The van der Waals surface area contributed by atoms with Crippen molar-refractivity contribution < 1.29 is 19.1 Å². The number of amides is 2. The molecule has 1 atom stereocenters. The molecule has 2 aromatic rings. The second-order valence-corrected chi connectivity index (χ2v) is 6.35. The second kappa shape index (κ2) is 7.39. The molecule has 0 unspecified atom stereocenters. The van der Waals surface area contributed by atoms with Gasteiger partial charge < -0.3 is 15.0 Å². The Morgan fingerprint density at radius 3 is 2.58 bits per heavy atom. The van der Waals surface area contributed by atoms with Crippen LogP contribution in [0.2, 0.25) is 0 Å². The van der Waals surface area contributed by atoms with E-state index < -0.39 is 5.97 Å². The van der Waals surface area contributed by atoms with Crippen molar-refractivity contribution in [1.29, 1.82) is 0 Å². The van der Waals surface area contributed by atoms with Crippen molar-refractivity contribution in [3.8, 4) is 0 Å². The second-order valence-electron chi connectivity index (χ2n) is 6.35. The van der Waals surface area contributed by atoms with E-state index in [-0.39, 0.29) is 24.5 Å². The third-order valence-electron chi connectivity index (χ3n) is 4.31. The first-order valence-electron chi connectivity index (χ1n) is 8.33. The molecule has 0 saturated heterocycles. The third kappa shape index (κ3) is 3.74. The normalized spacial score (nSPS) is 15.6. The fourth-order valence-electron chi connectivity index (χ4n) is 2.81. The number of hydrogen-bond acceptors (Lipinski definition) is 4. The Labute approximate surface area is 151 Å². The number of cyclic esters (lactones) is 1. The SMILES string of the molecule is CN(C)C(=O)CNC(=O)c1ccc2c(c1)C[C@H](c1ccccc1)OC2=O. The fourth-order valence-corrected chi connectivity index (χ4v) is 2.81. The Kier molecular flexibility index (Phi) is 5.02. The van der Waals surface area contributed by atoms with Crippen molar-refractivity contribution in [3.05, 3.63) is 70.8 Å². The topological polar surface area (TPSA) is 75.7 Å². The zero-order valence-corrected chi connectivity index (χ0v) is 14.7. The van der Waals surface area contributed by atoms with Crippen LogP contribution in [-0.4, -0.2) is 43.3 Å². The first-order valence-corrected chi connectivity index (χ1v) is 8.33. The maximum atomic E-state index is 12.3. The lowest BCUT2D eigenvalue weighted by atomic mass is 9.93. The van der Waals surface area contributed by atoms with Gasteiger partial charge in [-0.25, -0.2) is 4.79 Å². The summed E-state index contributed by atoms with van der Waals surface area (Å²) in [5.74, 6) is -0.933. The van der Waals surface area contributed by atoms with E-state index in [0.29, 0.717) is 17.5 Å². The van der Waals surface area contributed by atoms with Gasteiger partial charge in [-0.15, -0.1) is 0 Å². The minimum Gasteiger partial charge on any atom is -0.454 e. The van der Waals surface area contributed by atoms with Crippen LogP contribution in [0.3, 0.4) is 0 Å². The van der Waals surface area contributed by atoms with Gasteiger partial charge in [-0.1, -0.05) is 30.3 Å². The largest absolute Gasteiger partial charge is 0.454 e. The number of rotatable bonds is 4. The van der Waals surface area contributed by atoms with Crippen molar-refractivity contribution in [3.63, 3.8) is 0 Å². The van der Waals surface area contributed by atoms with E-state index in [4.69, 9.17) is 4.74 Å². The van der Waals surface area contributed by atoms with Crippen molar-refractivity contribution in [2.75, 3.05) is 20.6 Å². The van der Waals surface area contributed by atoms with Crippen molar-refractivity contribution in [2.45, 2.75) is 12.5 Å². The van der Waals surface area contributed by atoms with Gasteiger partial charge in [0.2, 0.25) is 5.91 Å². The number of carbonyl (C=O) groups is 3. The van der Waals surface area contributed by atoms with Crippen molar-refractivity contribution >= 4 is 17.8 Å². The van der Waals surface area contributed by atoms with E-state index in [0.717, 1.165) is 11.1 Å². The molecular weight excluding hydrogens is 332 g/mol. The van der Waals surface area contributed by atoms with Gasteiger partial charge in [0.25, 0.3) is 5.91 Å². The maximum Gasteiger partial charge on any atom is 0.339 e. The van der Waals surface area contributed by atoms with Crippen LogP contribution in [-0.2, 0) is 16.0 Å². The number of likely N-dealkylation sites (N-methyl/N-ethyl adjacent to an activating group) is 1. The predicted molar refractivity (Wildman–Crippen MR) is 95.8 cm³/mol. The highest BCUT2D eigenvalue weighted by atomic mass is 16.5. The lowest BCUT2D eigenvalue weighted by Gasteiger charge is -2.25. The van der Waals surface area contributed by atoms with Crippen molar-refractivity contribution in [1.82, 2.24) is 10.2 Å². The van der Waals surface area contributed by atoms with Crippen LogP contribution in [0.15, 0.2) is 48.5 Å². The standard InChI is InChI=1S/C20H20N2O4/c1-22(2)18(23)12-21-19(24)14-8-9-16-15(10-14)11-17(26-20(16)25)13-6-4-3-5-7-13/h3-10,17H,11-12H2,1-2H3,(H,21,24)/t17-/m1/s1. The molecule has 3 rings (SSSR count). The van der Waals surface area contributed by atoms with Gasteiger partial charge in [0.15, 0.2) is 0 Å². The van der Waals surface area contributed by atoms with E-state index in [1.54, 1.807) is 32.3 Å². The number of fused-ring (bicyclic) bond motifs is 1. The van der Waals surface area contributed by atoms with Crippen molar-refractivity contribution in [2.24, 2.45) is 0 Å². The number of ether oxygens (including phenoxy) is 1. The minimum absolute atomic E-state index is 0.0718. The summed E-state index contributed by atoms with van der Waals surface area (Å²) in [5.41, 5.74) is 2.56. The summed E-state index contributed by atoms with van der Waals surface area (Å²) < 4.78 is 5.51. The lowest BCUT2D eigenvalue weighted by Crippen LogP contribution is -2.36. The molecule has 2 aromatic carbocycles. The highest BCUT2D eigenvalue weighted by Crippen LogP contribution is 2.30. The fraction of sp³-hybridized carbons (Fsp3) is 0.250. The average molecular weight is 352 g/mol. The Bertz CT molecular complexity index is 846. The number of nitrogens with zero attached hydrogens (tertiary/aromatic N) is 1. The number of benzene rings is 2. The third-order valence-corrected chi connectivity index (χ3v) is 4.31. The van der Waals surface area contributed by atoms with Crippen LogP contribution >= 0.6 is 0 Å². The van der Waals surface area contributed by atoms with Gasteiger partial charge in [0, 0.05) is 26.1 Å². The molecule has 0 spiro atoms. The molecular formula is C20H20N2O4. The first-order chi connectivity index (χ1) is 12.5. The number of hydrogen-bond donors (Lipinski definition) is 1. The quantitative estimate of drug-likeness (QED) is 0.854. The highest BCUT2D eigenvalue weighted by Gasteiger charge is 2.28. The molecule has 1 heterocycles. The zero-order chi connectivity index (χ0) is 18.7. The summed E-state index contributed by atoms with van der Waals surface area (Å²) in [4.78, 5) is 37.6. The molecule has 0 saturated carbocycles. The number of esters is 1. The summed E-state index contributed by atoms with van der Waals surface area (Å²) in [6, 6.07) is 14.4. The smallest absolute Gasteiger partial charge is 0.339 e. The van der Waals surface area contributed by atoms with Gasteiger partial charge in [-0.05, 0) is 29.3 Å². The molecule has 0 bridgehead atoms. The maximum absolute atomic E-state index is 12.3. The minimum atomic E-state index is -0.394.